The summed E-state index contributed by atoms with van der Waals surface area (Å²) in [5, 5.41) is 0. The van der Waals surface area contributed by atoms with Crippen molar-refractivity contribution in [1.82, 2.24) is 0 Å². The summed E-state index contributed by atoms with van der Waals surface area (Å²) in [6, 6.07) is 14.1. The van der Waals surface area contributed by atoms with Crippen molar-refractivity contribution in [2.45, 2.75) is 10.6 Å². The summed E-state index contributed by atoms with van der Waals surface area (Å²) < 4.78 is 22.3. The number of benzene rings is 2. The lowest BCUT2D eigenvalue weighted by Crippen LogP contribution is -2.02. The van der Waals surface area contributed by atoms with Gasteiger partial charge in [0.1, 0.15) is 5.75 Å². The highest BCUT2D eigenvalue weighted by Crippen LogP contribution is 2.23. The van der Waals surface area contributed by atoms with Crippen molar-refractivity contribution >= 4 is 16.8 Å². The second kappa shape index (κ2) is 7.04. The van der Waals surface area contributed by atoms with E-state index in [1.807, 2.05) is 12.1 Å². The van der Waals surface area contributed by atoms with Gasteiger partial charge in [-0.3, -0.25) is 4.21 Å². The van der Waals surface area contributed by atoms with E-state index in [0.29, 0.717) is 22.0 Å². The first-order valence-electron chi connectivity index (χ1n) is 6.34. The van der Waals surface area contributed by atoms with Gasteiger partial charge in [-0.25, -0.2) is 4.79 Å². The maximum absolute atomic E-state index is 12.4. The maximum atomic E-state index is 12.4. The van der Waals surface area contributed by atoms with Gasteiger partial charge in [-0.2, -0.15) is 0 Å². The van der Waals surface area contributed by atoms with Crippen molar-refractivity contribution < 1.29 is 18.5 Å². The number of methoxy groups -OCH3 is 2. The summed E-state index contributed by atoms with van der Waals surface area (Å²) in [5.74, 6) is 0.594. The van der Waals surface area contributed by atoms with Gasteiger partial charge in [0.15, 0.2) is 0 Å². The Balaban J connectivity index is 2.14. The van der Waals surface area contributed by atoms with Crippen molar-refractivity contribution in [2.75, 3.05) is 14.2 Å². The molecule has 2 rings (SSSR count). The quantitative estimate of drug-likeness (QED) is 0.797. The molecule has 0 aromatic heterocycles. The first-order chi connectivity index (χ1) is 10.2. The van der Waals surface area contributed by atoms with Gasteiger partial charge < -0.3 is 9.47 Å². The number of hydrogen-bond acceptors (Lipinski definition) is 4. The van der Waals surface area contributed by atoms with E-state index in [-0.39, 0.29) is 5.97 Å². The number of hydrogen-bond donors (Lipinski definition) is 0. The maximum Gasteiger partial charge on any atom is 0.337 e. The SMILES string of the molecule is COC(=O)c1ccc(CS(=O)c2ccccc2OC)cc1. The van der Waals surface area contributed by atoms with Gasteiger partial charge in [-0.1, -0.05) is 24.3 Å². The molecule has 0 saturated heterocycles. The smallest absolute Gasteiger partial charge is 0.337 e. The highest BCUT2D eigenvalue weighted by atomic mass is 32.2. The second-order valence-electron chi connectivity index (χ2n) is 4.33. The predicted octanol–water partition coefficient (Wildman–Crippen LogP) is 2.79. The van der Waals surface area contributed by atoms with Gasteiger partial charge in [0.05, 0.1) is 41.2 Å². The summed E-state index contributed by atoms with van der Waals surface area (Å²) in [4.78, 5) is 12.0. The Morgan fingerprint density at radius 3 is 2.33 bits per heavy atom. The normalized spacial score (nSPS) is 11.7. The van der Waals surface area contributed by atoms with Crippen molar-refractivity contribution in [3.05, 3.63) is 59.7 Å². The molecule has 0 aliphatic carbocycles. The van der Waals surface area contributed by atoms with Gasteiger partial charge in [0.2, 0.25) is 0 Å². The Morgan fingerprint density at radius 1 is 1.05 bits per heavy atom. The molecule has 1 unspecified atom stereocenters. The fraction of sp³-hybridized carbons (Fsp3) is 0.188. The van der Waals surface area contributed by atoms with Crippen molar-refractivity contribution in [3.63, 3.8) is 0 Å². The molecule has 21 heavy (non-hydrogen) atoms. The number of rotatable bonds is 5. The van der Waals surface area contributed by atoms with Crippen LogP contribution < -0.4 is 4.74 Å². The number of esters is 1. The van der Waals surface area contributed by atoms with Crippen LogP contribution in [0.15, 0.2) is 53.4 Å². The molecule has 0 fully saturated rings. The predicted molar refractivity (Wildman–Crippen MR) is 80.9 cm³/mol. The Kier molecular flexibility index (Phi) is 5.11. The first kappa shape index (κ1) is 15.3. The number of carbonyl (C=O) groups excluding carboxylic acids is 1. The number of carbonyl (C=O) groups is 1. The molecule has 2 aromatic carbocycles. The summed E-state index contributed by atoms with van der Waals surface area (Å²) in [6.07, 6.45) is 0. The van der Waals surface area contributed by atoms with Crippen LogP contribution in [0.4, 0.5) is 0 Å². The molecule has 0 saturated carbocycles. The molecule has 0 radical (unpaired) electrons. The van der Waals surface area contributed by atoms with Crippen LogP contribution in [-0.2, 0) is 21.3 Å². The highest BCUT2D eigenvalue weighted by Gasteiger charge is 2.11. The van der Waals surface area contributed by atoms with Crippen molar-refractivity contribution in [2.24, 2.45) is 0 Å². The van der Waals surface area contributed by atoms with Crippen molar-refractivity contribution in [3.8, 4) is 5.75 Å². The summed E-state index contributed by atoms with van der Waals surface area (Å²) >= 11 is 0. The van der Waals surface area contributed by atoms with E-state index in [4.69, 9.17) is 4.74 Å². The molecule has 0 spiro atoms. The largest absolute Gasteiger partial charge is 0.495 e. The van der Waals surface area contributed by atoms with Crippen LogP contribution in [-0.4, -0.2) is 24.4 Å². The van der Waals surface area contributed by atoms with E-state index in [9.17, 15) is 9.00 Å². The number of para-hydroxylation sites is 1. The molecule has 2 aromatic rings. The molecule has 0 amide bonds. The van der Waals surface area contributed by atoms with Gasteiger partial charge in [0, 0.05) is 0 Å². The summed E-state index contributed by atoms with van der Waals surface area (Å²) in [7, 11) is 1.69. The molecule has 0 N–H and O–H groups in total. The van der Waals surface area contributed by atoms with Gasteiger partial charge in [-0.05, 0) is 29.8 Å². The lowest BCUT2D eigenvalue weighted by atomic mass is 10.1. The third-order valence-corrected chi connectivity index (χ3v) is 4.41. The molecule has 0 heterocycles. The Bertz CT molecular complexity index is 650. The minimum atomic E-state index is -1.21. The Labute approximate surface area is 126 Å². The lowest BCUT2D eigenvalue weighted by molar-refractivity contribution is 0.0600. The Hall–Kier alpha value is -2.14. The summed E-state index contributed by atoms with van der Waals surface area (Å²) in [6.45, 7) is 0. The van der Waals surface area contributed by atoms with E-state index in [0.717, 1.165) is 5.56 Å². The fourth-order valence-corrected chi connectivity index (χ4v) is 3.15. The van der Waals surface area contributed by atoms with E-state index in [2.05, 4.69) is 4.74 Å². The first-order valence-corrected chi connectivity index (χ1v) is 7.66. The third kappa shape index (κ3) is 3.70. The van der Waals surface area contributed by atoms with Gasteiger partial charge in [-0.15, -0.1) is 0 Å². The van der Waals surface area contributed by atoms with E-state index in [1.54, 1.807) is 43.5 Å². The molecule has 4 nitrogen and oxygen atoms in total. The summed E-state index contributed by atoms with van der Waals surface area (Å²) in [5.41, 5.74) is 1.36. The highest BCUT2D eigenvalue weighted by molar-refractivity contribution is 7.84. The molecule has 0 aliphatic heterocycles. The zero-order chi connectivity index (χ0) is 15.2. The average molecular weight is 304 g/mol. The van der Waals surface area contributed by atoms with Crippen LogP contribution in [0.25, 0.3) is 0 Å². The van der Waals surface area contributed by atoms with Gasteiger partial charge >= 0.3 is 5.97 Å². The molecule has 0 aliphatic rings. The van der Waals surface area contributed by atoms with Crippen LogP contribution in [0.3, 0.4) is 0 Å². The average Bonchev–Trinajstić information content (AvgIpc) is 2.54. The molecular formula is C16H16O4S. The van der Waals surface area contributed by atoms with Crippen LogP contribution in [0, 0.1) is 0 Å². The molecule has 1 atom stereocenters. The third-order valence-electron chi connectivity index (χ3n) is 2.99. The lowest BCUT2D eigenvalue weighted by Gasteiger charge is -2.08. The van der Waals surface area contributed by atoms with Gasteiger partial charge in [0.25, 0.3) is 0 Å². The van der Waals surface area contributed by atoms with Crippen LogP contribution in [0.5, 0.6) is 5.75 Å². The van der Waals surface area contributed by atoms with Crippen LogP contribution in [0.2, 0.25) is 0 Å². The standard InChI is InChI=1S/C16H16O4S/c1-19-14-5-3-4-6-15(14)21(18)11-12-7-9-13(10-8-12)16(17)20-2/h3-10H,11H2,1-2H3. The zero-order valence-electron chi connectivity index (χ0n) is 11.9. The topological polar surface area (TPSA) is 52.6 Å². The minimum Gasteiger partial charge on any atom is -0.495 e. The molecule has 110 valence electrons. The zero-order valence-corrected chi connectivity index (χ0v) is 12.7. The van der Waals surface area contributed by atoms with Crippen molar-refractivity contribution in [1.29, 1.82) is 0 Å². The van der Waals surface area contributed by atoms with Crippen LogP contribution >= 0.6 is 0 Å². The van der Waals surface area contributed by atoms with E-state index < -0.39 is 10.8 Å². The monoisotopic (exact) mass is 304 g/mol. The fourth-order valence-electron chi connectivity index (χ4n) is 1.89. The van der Waals surface area contributed by atoms with E-state index in [1.165, 1.54) is 7.11 Å². The number of ether oxygens (including phenoxy) is 2. The molecule has 0 bridgehead atoms. The van der Waals surface area contributed by atoms with Crippen LogP contribution in [0.1, 0.15) is 15.9 Å². The second-order valence-corrected chi connectivity index (χ2v) is 5.75. The minimum absolute atomic E-state index is 0.363. The molecule has 5 heteroatoms. The molecular weight excluding hydrogens is 288 g/mol. The Morgan fingerprint density at radius 2 is 1.71 bits per heavy atom. The van der Waals surface area contributed by atoms with E-state index >= 15 is 0 Å².